The highest BCUT2D eigenvalue weighted by molar-refractivity contribution is 7.91. The predicted octanol–water partition coefficient (Wildman–Crippen LogP) is 1.68. The third-order valence-corrected chi connectivity index (χ3v) is 6.45. The zero-order valence-electron chi connectivity index (χ0n) is 17.1. The fourth-order valence-corrected chi connectivity index (χ4v) is 4.93. The van der Waals surface area contributed by atoms with Gasteiger partial charge in [-0.15, -0.1) is 0 Å². The van der Waals surface area contributed by atoms with Crippen molar-refractivity contribution in [2.75, 3.05) is 32.3 Å². The number of esters is 1. The summed E-state index contributed by atoms with van der Waals surface area (Å²) in [7, 11) is -0.0636. The first-order valence-electron chi connectivity index (χ1n) is 9.31. The number of carbonyl (C=O) groups is 2. The van der Waals surface area contributed by atoms with E-state index >= 15 is 0 Å². The number of hydrogen-bond donors (Lipinski definition) is 0. The van der Waals surface area contributed by atoms with Crippen LogP contribution in [-0.4, -0.2) is 69.6 Å². The largest absolute Gasteiger partial charge is 0.497 e. The van der Waals surface area contributed by atoms with E-state index in [-0.39, 0.29) is 17.5 Å². The molecular formula is C20H27NO7S. The first-order chi connectivity index (χ1) is 13.7. The van der Waals surface area contributed by atoms with Crippen LogP contribution in [0.25, 0.3) is 6.08 Å². The molecule has 1 fully saturated rings. The van der Waals surface area contributed by atoms with E-state index in [1.165, 1.54) is 38.2 Å². The molecule has 1 saturated heterocycles. The third-order valence-electron chi connectivity index (χ3n) is 4.70. The number of carbonyl (C=O) groups excluding carboxylic acids is 2. The van der Waals surface area contributed by atoms with Crippen LogP contribution in [0, 0.1) is 0 Å². The van der Waals surface area contributed by atoms with Gasteiger partial charge in [0.2, 0.25) is 0 Å². The van der Waals surface area contributed by atoms with Gasteiger partial charge in [-0.2, -0.15) is 0 Å². The quantitative estimate of drug-likeness (QED) is 0.462. The predicted molar refractivity (Wildman–Crippen MR) is 109 cm³/mol. The molecule has 0 N–H and O–H groups in total. The molecule has 8 nitrogen and oxygen atoms in total. The Kier molecular flexibility index (Phi) is 7.66. The molecular weight excluding hydrogens is 398 g/mol. The zero-order valence-corrected chi connectivity index (χ0v) is 17.9. The molecule has 1 heterocycles. The van der Waals surface area contributed by atoms with Crippen LogP contribution in [-0.2, 0) is 24.2 Å². The number of rotatable bonds is 8. The molecule has 2 rings (SSSR count). The fraction of sp³-hybridized carbons (Fsp3) is 0.500. The molecule has 1 aromatic rings. The van der Waals surface area contributed by atoms with Crippen LogP contribution in [0.4, 0.5) is 0 Å². The first kappa shape index (κ1) is 22.7. The number of methoxy groups -OCH3 is 2. The minimum atomic E-state index is -3.12. The van der Waals surface area contributed by atoms with Gasteiger partial charge in [0.05, 0.1) is 25.7 Å². The molecule has 0 bridgehead atoms. The van der Waals surface area contributed by atoms with Gasteiger partial charge in [0.15, 0.2) is 15.9 Å². The summed E-state index contributed by atoms with van der Waals surface area (Å²) in [6.07, 6.45) is 2.13. The van der Waals surface area contributed by atoms with Gasteiger partial charge in [-0.1, -0.05) is 0 Å². The zero-order chi connectivity index (χ0) is 21.6. The summed E-state index contributed by atoms with van der Waals surface area (Å²) < 4.78 is 39.0. The summed E-state index contributed by atoms with van der Waals surface area (Å²) in [5.74, 6) is 0.0897. The van der Waals surface area contributed by atoms with Gasteiger partial charge in [-0.05, 0) is 44.0 Å². The summed E-state index contributed by atoms with van der Waals surface area (Å²) >= 11 is 0. The van der Waals surface area contributed by atoms with E-state index in [1.54, 1.807) is 25.1 Å². The van der Waals surface area contributed by atoms with E-state index in [0.717, 1.165) is 0 Å². The smallest absolute Gasteiger partial charge is 0.331 e. The summed E-state index contributed by atoms with van der Waals surface area (Å²) in [4.78, 5) is 26.3. The van der Waals surface area contributed by atoms with Crippen LogP contribution >= 0.6 is 0 Å². The first-order valence-corrected chi connectivity index (χ1v) is 11.1. The molecule has 1 aliphatic heterocycles. The van der Waals surface area contributed by atoms with Crippen molar-refractivity contribution in [1.82, 2.24) is 4.90 Å². The Balaban J connectivity index is 2.00. The standard InChI is InChI=1S/C20H27NO7S/c1-5-21(16-8-9-29(24,25)13-16)20(23)14(2)28-19(22)7-6-15-10-17(26-3)12-18(11-15)27-4/h6-7,10-12,14,16H,5,8-9,13H2,1-4H3/b7-6+/t14-,16-/m1/s1. The van der Waals surface area contributed by atoms with Gasteiger partial charge in [-0.25, -0.2) is 13.2 Å². The lowest BCUT2D eigenvalue weighted by Gasteiger charge is -2.29. The summed E-state index contributed by atoms with van der Waals surface area (Å²) in [5.41, 5.74) is 0.670. The summed E-state index contributed by atoms with van der Waals surface area (Å²) in [5, 5.41) is 0. The van der Waals surface area contributed by atoms with Crippen molar-refractivity contribution in [3.8, 4) is 11.5 Å². The average molecular weight is 426 g/mol. The molecule has 0 aromatic heterocycles. The summed E-state index contributed by atoms with van der Waals surface area (Å²) in [6, 6.07) is 4.78. The second-order valence-electron chi connectivity index (χ2n) is 6.74. The van der Waals surface area contributed by atoms with Crippen molar-refractivity contribution in [2.24, 2.45) is 0 Å². The van der Waals surface area contributed by atoms with E-state index in [9.17, 15) is 18.0 Å². The fourth-order valence-electron chi connectivity index (χ4n) is 3.20. The molecule has 0 aliphatic carbocycles. The molecule has 160 valence electrons. The van der Waals surface area contributed by atoms with E-state index in [2.05, 4.69) is 0 Å². The normalized spacial score (nSPS) is 19.0. The van der Waals surface area contributed by atoms with Crippen LogP contribution in [0.2, 0.25) is 0 Å². The molecule has 0 unspecified atom stereocenters. The number of hydrogen-bond acceptors (Lipinski definition) is 7. The van der Waals surface area contributed by atoms with E-state index < -0.39 is 27.8 Å². The van der Waals surface area contributed by atoms with Crippen molar-refractivity contribution >= 4 is 27.8 Å². The van der Waals surface area contributed by atoms with Gasteiger partial charge in [0, 0.05) is 24.7 Å². The molecule has 0 spiro atoms. The van der Waals surface area contributed by atoms with Crippen molar-refractivity contribution in [3.63, 3.8) is 0 Å². The van der Waals surface area contributed by atoms with E-state index in [4.69, 9.17) is 14.2 Å². The number of likely N-dealkylation sites (N-methyl/N-ethyl adjacent to an activating group) is 1. The Morgan fingerprint density at radius 3 is 2.31 bits per heavy atom. The lowest BCUT2D eigenvalue weighted by Crippen LogP contribution is -2.46. The molecule has 1 aliphatic rings. The van der Waals surface area contributed by atoms with Crippen LogP contribution in [0.3, 0.4) is 0 Å². The molecule has 2 atom stereocenters. The van der Waals surface area contributed by atoms with Crippen molar-refractivity contribution in [1.29, 1.82) is 0 Å². The molecule has 0 radical (unpaired) electrons. The Morgan fingerprint density at radius 2 is 1.83 bits per heavy atom. The average Bonchev–Trinajstić information content (AvgIpc) is 3.05. The van der Waals surface area contributed by atoms with E-state index in [1.807, 2.05) is 0 Å². The summed E-state index contributed by atoms with van der Waals surface area (Å²) in [6.45, 7) is 3.60. The lowest BCUT2D eigenvalue weighted by molar-refractivity contribution is -0.156. The lowest BCUT2D eigenvalue weighted by atomic mass is 10.2. The Bertz CT molecular complexity index is 857. The van der Waals surface area contributed by atoms with Gasteiger partial charge in [0.1, 0.15) is 11.5 Å². The Morgan fingerprint density at radius 1 is 1.21 bits per heavy atom. The van der Waals surface area contributed by atoms with Gasteiger partial charge < -0.3 is 19.1 Å². The monoisotopic (exact) mass is 425 g/mol. The molecule has 9 heteroatoms. The topological polar surface area (TPSA) is 99.2 Å². The molecule has 1 aromatic carbocycles. The third kappa shape index (κ3) is 6.22. The second kappa shape index (κ2) is 9.78. The van der Waals surface area contributed by atoms with Gasteiger partial charge in [-0.3, -0.25) is 4.79 Å². The van der Waals surface area contributed by atoms with Crippen LogP contribution in [0.15, 0.2) is 24.3 Å². The maximum atomic E-state index is 12.6. The van der Waals surface area contributed by atoms with Crippen LogP contribution in [0.5, 0.6) is 11.5 Å². The molecule has 29 heavy (non-hydrogen) atoms. The number of amides is 1. The SMILES string of the molecule is CCN(C(=O)[C@@H](C)OC(=O)/C=C/c1cc(OC)cc(OC)c1)[C@@H]1CCS(=O)(=O)C1. The van der Waals surface area contributed by atoms with Crippen molar-refractivity contribution < 1.29 is 32.2 Å². The highest BCUT2D eigenvalue weighted by Gasteiger charge is 2.36. The van der Waals surface area contributed by atoms with Crippen LogP contribution < -0.4 is 9.47 Å². The maximum absolute atomic E-state index is 12.6. The van der Waals surface area contributed by atoms with Gasteiger partial charge >= 0.3 is 5.97 Å². The van der Waals surface area contributed by atoms with Gasteiger partial charge in [0.25, 0.3) is 5.91 Å². The maximum Gasteiger partial charge on any atom is 0.331 e. The number of benzene rings is 1. The van der Waals surface area contributed by atoms with Crippen LogP contribution in [0.1, 0.15) is 25.8 Å². The number of sulfone groups is 1. The molecule has 1 amide bonds. The second-order valence-corrected chi connectivity index (χ2v) is 8.97. The minimum absolute atomic E-state index is 0.0508. The minimum Gasteiger partial charge on any atom is -0.497 e. The van der Waals surface area contributed by atoms with E-state index in [0.29, 0.717) is 30.0 Å². The van der Waals surface area contributed by atoms with Crippen molar-refractivity contribution in [3.05, 3.63) is 29.8 Å². The number of ether oxygens (including phenoxy) is 3. The van der Waals surface area contributed by atoms with Crippen molar-refractivity contribution in [2.45, 2.75) is 32.4 Å². The highest BCUT2D eigenvalue weighted by Crippen LogP contribution is 2.23. The number of nitrogens with zero attached hydrogens (tertiary/aromatic N) is 1. The Hall–Kier alpha value is -2.55. The highest BCUT2D eigenvalue weighted by atomic mass is 32.2. The Labute approximate surface area is 171 Å². The molecule has 0 saturated carbocycles.